The van der Waals surface area contributed by atoms with Crippen LogP contribution < -0.4 is 0 Å². The number of carbonyl (C=O) groups is 2. The van der Waals surface area contributed by atoms with Gasteiger partial charge in [0.15, 0.2) is 33.3 Å². The summed E-state index contributed by atoms with van der Waals surface area (Å²) in [6, 6.07) is 0. The lowest BCUT2D eigenvalue weighted by atomic mass is 9.93. The molecule has 0 fully saturated rings. The standard InChI is InChI=1S/C24H58O8Si6/c1-33(2,3)27-19-20(28-34(4,5)6)21(29-35(7,8)9)24(32-38(16,17)18,22(25)30-36(10,11)12)23(26)31-37(13,14)15/h20-21H,19H2,1-18H3/t20-,21+/m1/s1. The molecule has 0 aliphatic rings. The molecule has 0 aromatic carbocycles. The molecule has 0 aromatic heterocycles. The Kier molecular flexibility index (Phi) is 13.0. The van der Waals surface area contributed by atoms with Crippen molar-refractivity contribution in [2.45, 2.75) is 136 Å². The van der Waals surface area contributed by atoms with E-state index in [4.69, 9.17) is 26.6 Å². The largest absolute Gasteiger partial charge is 0.517 e. The fraction of sp³-hybridized carbons (Fsp3) is 0.917. The van der Waals surface area contributed by atoms with Crippen LogP contribution in [0.5, 0.6) is 0 Å². The monoisotopic (exact) mass is 642 g/mol. The van der Waals surface area contributed by atoms with E-state index >= 15 is 0 Å². The third kappa shape index (κ3) is 15.2. The molecule has 0 spiro atoms. The van der Waals surface area contributed by atoms with Crippen LogP contribution in [0.25, 0.3) is 0 Å². The van der Waals surface area contributed by atoms with Crippen LogP contribution in [0.2, 0.25) is 118 Å². The Morgan fingerprint density at radius 2 is 0.895 bits per heavy atom. The Labute approximate surface area is 239 Å². The molecule has 0 aliphatic heterocycles. The van der Waals surface area contributed by atoms with Crippen LogP contribution in [0.3, 0.4) is 0 Å². The summed E-state index contributed by atoms with van der Waals surface area (Å²) in [7, 11) is -14.1. The summed E-state index contributed by atoms with van der Waals surface area (Å²) in [6.07, 6.45) is -1.84. The van der Waals surface area contributed by atoms with E-state index in [-0.39, 0.29) is 6.61 Å². The average molecular weight is 643 g/mol. The Hall–Kier alpha value is 0.0813. The van der Waals surface area contributed by atoms with Crippen molar-refractivity contribution in [3.63, 3.8) is 0 Å². The molecule has 0 amide bonds. The highest BCUT2D eigenvalue weighted by Crippen LogP contribution is 2.36. The maximum absolute atomic E-state index is 14.4. The predicted octanol–water partition coefficient (Wildman–Crippen LogP) is 6.62. The molecule has 0 N–H and O–H groups in total. The van der Waals surface area contributed by atoms with Crippen molar-refractivity contribution in [3.8, 4) is 0 Å². The van der Waals surface area contributed by atoms with Gasteiger partial charge in [0.05, 0.1) is 12.7 Å². The van der Waals surface area contributed by atoms with Crippen molar-refractivity contribution in [1.29, 1.82) is 0 Å². The predicted molar refractivity (Wildman–Crippen MR) is 172 cm³/mol. The molecule has 2 atom stereocenters. The minimum Gasteiger partial charge on any atom is -0.517 e. The summed E-state index contributed by atoms with van der Waals surface area (Å²) in [4.78, 5) is 28.7. The van der Waals surface area contributed by atoms with Gasteiger partial charge in [0.1, 0.15) is 6.10 Å². The first-order valence-corrected chi connectivity index (χ1v) is 34.0. The number of hydrogen-bond acceptors (Lipinski definition) is 8. The molecule has 226 valence electrons. The second kappa shape index (κ2) is 12.9. The lowest BCUT2D eigenvalue weighted by Gasteiger charge is -2.47. The van der Waals surface area contributed by atoms with Crippen LogP contribution in [0, 0.1) is 0 Å². The maximum Gasteiger partial charge on any atom is 0.338 e. The minimum atomic E-state index is -2.58. The molecule has 0 bridgehead atoms. The zero-order chi connectivity index (χ0) is 30.8. The molecule has 0 aliphatic carbocycles. The van der Waals surface area contributed by atoms with Crippen molar-refractivity contribution < 1.29 is 36.1 Å². The van der Waals surface area contributed by atoms with Gasteiger partial charge in [0, 0.05) is 0 Å². The van der Waals surface area contributed by atoms with Gasteiger partial charge in [-0.2, -0.15) is 0 Å². The second-order valence-corrected chi connectivity index (χ2v) is 42.5. The smallest absolute Gasteiger partial charge is 0.338 e. The van der Waals surface area contributed by atoms with E-state index in [1.165, 1.54) is 0 Å². The SMILES string of the molecule is C[Si](C)(C)OC[C@@H](O[Si](C)(C)C)[C@H](O[Si](C)(C)C)C(O[Si](C)(C)C)(C(=O)O[Si](C)(C)C)C(=O)O[Si](C)(C)C. The van der Waals surface area contributed by atoms with E-state index in [0.29, 0.717) is 0 Å². The molecule has 0 unspecified atom stereocenters. The first-order chi connectivity index (χ1) is 16.4. The average Bonchev–Trinajstić information content (AvgIpc) is 2.55. The first-order valence-electron chi connectivity index (χ1n) is 13.5. The highest BCUT2D eigenvalue weighted by atomic mass is 28.4. The molecule has 0 rings (SSSR count). The molecule has 38 heavy (non-hydrogen) atoms. The normalized spacial score (nSPS) is 16.2. The molecule has 8 nitrogen and oxygen atoms in total. The van der Waals surface area contributed by atoms with Crippen LogP contribution >= 0.6 is 0 Å². The Bertz CT molecular complexity index is 768. The van der Waals surface area contributed by atoms with Crippen LogP contribution in [-0.2, 0) is 36.1 Å². The van der Waals surface area contributed by atoms with Crippen LogP contribution in [0.15, 0.2) is 0 Å². The molecule has 0 aromatic rings. The third-order valence-electron chi connectivity index (χ3n) is 4.28. The van der Waals surface area contributed by atoms with Gasteiger partial charge in [-0.1, -0.05) is 0 Å². The van der Waals surface area contributed by atoms with Gasteiger partial charge in [-0.05, 0) is 118 Å². The van der Waals surface area contributed by atoms with Gasteiger partial charge in [-0.3, -0.25) is 0 Å². The topological polar surface area (TPSA) is 89.5 Å². The van der Waals surface area contributed by atoms with E-state index in [0.717, 1.165) is 0 Å². The molecule has 0 saturated carbocycles. The number of carbonyl (C=O) groups excluding carboxylic acids is 2. The quantitative estimate of drug-likeness (QED) is 0.145. The summed E-state index contributed by atoms with van der Waals surface area (Å²) < 4.78 is 38.7. The zero-order valence-corrected chi connectivity index (χ0v) is 33.6. The summed E-state index contributed by atoms with van der Waals surface area (Å²) in [5.41, 5.74) is -2.14. The van der Waals surface area contributed by atoms with Gasteiger partial charge >= 0.3 is 11.9 Å². The lowest BCUT2D eigenvalue weighted by Crippen LogP contribution is -2.70. The van der Waals surface area contributed by atoms with Crippen molar-refractivity contribution in [2.75, 3.05) is 6.61 Å². The van der Waals surface area contributed by atoms with Crippen molar-refractivity contribution in [2.24, 2.45) is 0 Å². The van der Waals surface area contributed by atoms with Gasteiger partial charge < -0.3 is 26.6 Å². The van der Waals surface area contributed by atoms with E-state index < -0.39 is 79.7 Å². The number of rotatable bonds is 15. The molecule has 0 radical (unpaired) electrons. The lowest BCUT2D eigenvalue weighted by molar-refractivity contribution is -0.189. The molecule has 0 heterocycles. The van der Waals surface area contributed by atoms with E-state index in [1.54, 1.807) is 0 Å². The Balaban J connectivity index is 7.61. The third-order valence-corrected chi connectivity index (χ3v) is 9.81. The van der Waals surface area contributed by atoms with Crippen LogP contribution in [0.4, 0.5) is 0 Å². The van der Waals surface area contributed by atoms with Crippen molar-refractivity contribution in [1.82, 2.24) is 0 Å². The first kappa shape index (κ1) is 38.1. The highest BCUT2D eigenvalue weighted by Gasteiger charge is 2.63. The Morgan fingerprint density at radius 1 is 0.526 bits per heavy atom. The molecular weight excluding hydrogens is 585 g/mol. The van der Waals surface area contributed by atoms with E-state index in [1.807, 2.05) is 78.6 Å². The Morgan fingerprint density at radius 3 is 1.16 bits per heavy atom. The molecule has 14 heteroatoms. The fourth-order valence-corrected chi connectivity index (χ4v) is 8.93. The second-order valence-electron chi connectivity index (χ2n) is 15.8. The highest BCUT2D eigenvalue weighted by molar-refractivity contribution is 6.73. The van der Waals surface area contributed by atoms with Gasteiger partial charge in [-0.25, -0.2) is 9.59 Å². The van der Waals surface area contributed by atoms with Crippen molar-refractivity contribution >= 4 is 61.8 Å². The van der Waals surface area contributed by atoms with Crippen LogP contribution in [-0.4, -0.2) is 86.3 Å². The van der Waals surface area contributed by atoms with Gasteiger partial charge in [0.2, 0.25) is 16.6 Å². The van der Waals surface area contributed by atoms with Crippen molar-refractivity contribution in [3.05, 3.63) is 0 Å². The summed E-state index contributed by atoms with van der Waals surface area (Å²) in [5.74, 6) is -1.49. The zero-order valence-electron chi connectivity index (χ0n) is 27.6. The van der Waals surface area contributed by atoms with E-state index in [9.17, 15) is 9.59 Å². The summed E-state index contributed by atoms with van der Waals surface area (Å²) in [5, 5.41) is 0. The summed E-state index contributed by atoms with van der Waals surface area (Å²) >= 11 is 0. The van der Waals surface area contributed by atoms with Gasteiger partial charge in [0.25, 0.3) is 5.60 Å². The fourth-order valence-electron chi connectivity index (χ4n) is 3.42. The van der Waals surface area contributed by atoms with E-state index in [2.05, 4.69) is 39.3 Å². The summed E-state index contributed by atoms with van der Waals surface area (Å²) in [6.45, 7) is 36.1. The maximum atomic E-state index is 14.4. The number of hydrogen-bond donors (Lipinski definition) is 0. The molecular formula is C24H58O8Si6. The minimum absolute atomic E-state index is 0.173. The molecule has 0 saturated heterocycles. The van der Waals surface area contributed by atoms with Gasteiger partial charge in [-0.15, -0.1) is 0 Å². The van der Waals surface area contributed by atoms with Crippen LogP contribution in [0.1, 0.15) is 0 Å².